The number of allylic oxidation sites excluding steroid dienone is 2. The van der Waals surface area contributed by atoms with E-state index in [9.17, 15) is 14.4 Å². The fraction of sp³-hybridized carbons (Fsp3) is 0.909. The van der Waals surface area contributed by atoms with Crippen molar-refractivity contribution in [3.63, 3.8) is 0 Å². The van der Waals surface area contributed by atoms with E-state index in [4.69, 9.17) is 14.2 Å². The van der Waals surface area contributed by atoms with Crippen LogP contribution in [-0.2, 0) is 28.6 Å². The van der Waals surface area contributed by atoms with Crippen molar-refractivity contribution >= 4 is 17.9 Å². The molecule has 0 amide bonds. The van der Waals surface area contributed by atoms with E-state index in [1.54, 1.807) is 0 Å². The first kappa shape index (κ1) is 59.1. The minimum atomic E-state index is -0.766. The van der Waals surface area contributed by atoms with E-state index in [1.165, 1.54) is 193 Å². The molecule has 0 fully saturated rings. The van der Waals surface area contributed by atoms with Gasteiger partial charge in [-0.1, -0.05) is 251 Å². The van der Waals surface area contributed by atoms with Gasteiger partial charge in [0.05, 0.1) is 0 Å². The molecule has 0 rings (SSSR count). The molecule has 0 aliphatic heterocycles. The number of hydrogen-bond donors (Lipinski definition) is 0. The standard InChI is InChI=1S/C55H104O6/c1-4-7-10-13-15-17-19-21-23-25-26-27-28-29-30-32-33-35-37-39-42-45-48-54(57)60-51-52(50-59-53(56)47-44-41-12-9-6-3)61-55(58)49-46-43-40-38-36-34-31-24-22-20-18-16-14-11-8-5-2/h24,31,52H,4-23,25-30,32-51H2,1-3H3/b31-24-. The summed E-state index contributed by atoms with van der Waals surface area (Å²) in [6.45, 7) is 6.59. The van der Waals surface area contributed by atoms with Gasteiger partial charge in [0.2, 0.25) is 0 Å². The lowest BCUT2D eigenvalue weighted by molar-refractivity contribution is -0.167. The predicted molar refractivity (Wildman–Crippen MR) is 261 cm³/mol. The van der Waals surface area contributed by atoms with Crippen molar-refractivity contribution in [1.29, 1.82) is 0 Å². The van der Waals surface area contributed by atoms with E-state index < -0.39 is 6.10 Å². The van der Waals surface area contributed by atoms with Crippen LogP contribution in [0.3, 0.4) is 0 Å². The largest absolute Gasteiger partial charge is 0.462 e. The predicted octanol–water partition coefficient (Wildman–Crippen LogP) is 17.8. The smallest absolute Gasteiger partial charge is 0.306 e. The highest BCUT2D eigenvalue weighted by atomic mass is 16.6. The Morgan fingerprint density at radius 2 is 0.541 bits per heavy atom. The first-order valence-electron chi connectivity index (χ1n) is 27.2. The monoisotopic (exact) mass is 861 g/mol. The molecule has 6 nitrogen and oxygen atoms in total. The fourth-order valence-corrected chi connectivity index (χ4v) is 8.14. The Labute approximate surface area is 380 Å². The van der Waals surface area contributed by atoms with Crippen LogP contribution in [0.1, 0.15) is 303 Å². The zero-order valence-corrected chi connectivity index (χ0v) is 41.2. The van der Waals surface area contributed by atoms with Gasteiger partial charge in [-0.15, -0.1) is 0 Å². The maximum Gasteiger partial charge on any atom is 0.306 e. The number of rotatable bonds is 50. The van der Waals surface area contributed by atoms with Crippen LogP contribution in [0.15, 0.2) is 12.2 Å². The summed E-state index contributed by atoms with van der Waals surface area (Å²) in [6, 6.07) is 0. The van der Waals surface area contributed by atoms with Gasteiger partial charge in [-0.05, 0) is 44.9 Å². The number of esters is 3. The second kappa shape index (κ2) is 50.8. The van der Waals surface area contributed by atoms with Gasteiger partial charge in [-0.25, -0.2) is 0 Å². The summed E-state index contributed by atoms with van der Waals surface area (Å²) in [5.74, 6) is -0.875. The van der Waals surface area contributed by atoms with Crippen LogP contribution in [0.4, 0.5) is 0 Å². The van der Waals surface area contributed by atoms with Gasteiger partial charge >= 0.3 is 17.9 Å². The molecule has 0 spiro atoms. The summed E-state index contributed by atoms with van der Waals surface area (Å²) in [7, 11) is 0. The van der Waals surface area contributed by atoms with E-state index in [0.29, 0.717) is 19.3 Å². The second-order valence-electron chi connectivity index (χ2n) is 18.5. The molecule has 360 valence electrons. The van der Waals surface area contributed by atoms with Crippen molar-refractivity contribution in [3.8, 4) is 0 Å². The summed E-state index contributed by atoms with van der Waals surface area (Å²) in [4.78, 5) is 37.7. The molecule has 0 saturated heterocycles. The van der Waals surface area contributed by atoms with Crippen molar-refractivity contribution in [3.05, 3.63) is 12.2 Å². The summed E-state index contributed by atoms with van der Waals surface area (Å²) in [6.07, 6.45) is 56.7. The molecule has 0 bridgehead atoms. The van der Waals surface area contributed by atoms with Gasteiger partial charge in [0, 0.05) is 19.3 Å². The average molecular weight is 861 g/mol. The van der Waals surface area contributed by atoms with Gasteiger partial charge in [-0.2, -0.15) is 0 Å². The SMILES string of the molecule is CCCCCCCCC/C=C\CCCCCCCC(=O)OC(COC(=O)CCCCCCC)COC(=O)CCCCCCCCCCCCCCCCCCCCCCCC. The molecule has 0 aromatic rings. The van der Waals surface area contributed by atoms with Crippen LogP contribution in [-0.4, -0.2) is 37.2 Å². The van der Waals surface area contributed by atoms with Gasteiger partial charge in [0.25, 0.3) is 0 Å². The molecule has 0 N–H and O–H groups in total. The van der Waals surface area contributed by atoms with E-state index >= 15 is 0 Å². The summed E-state index contributed by atoms with van der Waals surface area (Å²) in [5.41, 5.74) is 0. The van der Waals surface area contributed by atoms with Crippen molar-refractivity contribution in [2.45, 2.75) is 309 Å². The normalized spacial score (nSPS) is 12.0. The first-order chi connectivity index (χ1) is 30.0. The quantitative estimate of drug-likeness (QED) is 0.0262. The van der Waals surface area contributed by atoms with Crippen LogP contribution >= 0.6 is 0 Å². The average Bonchev–Trinajstić information content (AvgIpc) is 3.26. The molecule has 0 heterocycles. The van der Waals surface area contributed by atoms with Crippen molar-refractivity contribution in [2.75, 3.05) is 13.2 Å². The minimum absolute atomic E-state index is 0.0693. The van der Waals surface area contributed by atoms with E-state index in [-0.39, 0.29) is 31.1 Å². The number of unbranched alkanes of at least 4 members (excludes halogenated alkanes) is 37. The Balaban J connectivity index is 4.06. The minimum Gasteiger partial charge on any atom is -0.462 e. The highest BCUT2D eigenvalue weighted by Crippen LogP contribution is 2.17. The van der Waals surface area contributed by atoms with Crippen LogP contribution in [0.25, 0.3) is 0 Å². The van der Waals surface area contributed by atoms with Crippen LogP contribution in [0.5, 0.6) is 0 Å². The van der Waals surface area contributed by atoms with Crippen molar-refractivity contribution < 1.29 is 28.6 Å². The van der Waals surface area contributed by atoms with Crippen LogP contribution < -0.4 is 0 Å². The molecule has 6 heteroatoms. The molecular weight excluding hydrogens is 757 g/mol. The molecule has 0 saturated carbocycles. The maximum atomic E-state index is 12.7. The Morgan fingerprint density at radius 1 is 0.311 bits per heavy atom. The molecule has 0 aliphatic carbocycles. The molecular formula is C55H104O6. The molecule has 1 atom stereocenters. The lowest BCUT2D eigenvalue weighted by Crippen LogP contribution is -2.30. The zero-order chi connectivity index (χ0) is 44.4. The van der Waals surface area contributed by atoms with Crippen LogP contribution in [0.2, 0.25) is 0 Å². The highest BCUT2D eigenvalue weighted by Gasteiger charge is 2.19. The third kappa shape index (κ3) is 49.0. The number of carbonyl (C=O) groups excluding carboxylic acids is 3. The molecule has 1 unspecified atom stereocenters. The summed E-state index contributed by atoms with van der Waals surface area (Å²) < 4.78 is 16.7. The summed E-state index contributed by atoms with van der Waals surface area (Å²) in [5, 5.41) is 0. The van der Waals surface area contributed by atoms with E-state index in [1.807, 2.05) is 0 Å². The number of hydrogen-bond acceptors (Lipinski definition) is 6. The zero-order valence-electron chi connectivity index (χ0n) is 41.2. The van der Waals surface area contributed by atoms with Crippen LogP contribution in [0, 0.1) is 0 Å². The topological polar surface area (TPSA) is 78.9 Å². The van der Waals surface area contributed by atoms with Crippen molar-refractivity contribution in [2.24, 2.45) is 0 Å². The van der Waals surface area contributed by atoms with Gasteiger partial charge in [-0.3, -0.25) is 14.4 Å². The Hall–Kier alpha value is -1.85. The Kier molecular flexibility index (Phi) is 49.3. The molecule has 0 radical (unpaired) electrons. The summed E-state index contributed by atoms with van der Waals surface area (Å²) >= 11 is 0. The van der Waals surface area contributed by atoms with E-state index in [2.05, 4.69) is 32.9 Å². The molecule has 0 aromatic heterocycles. The maximum absolute atomic E-state index is 12.7. The number of ether oxygens (including phenoxy) is 3. The number of carbonyl (C=O) groups is 3. The first-order valence-corrected chi connectivity index (χ1v) is 27.2. The lowest BCUT2D eigenvalue weighted by Gasteiger charge is -2.18. The second-order valence-corrected chi connectivity index (χ2v) is 18.5. The third-order valence-corrected chi connectivity index (χ3v) is 12.3. The Bertz CT molecular complexity index is 947. The fourth-order valence-electron chi connectivity index (χ4n) is 8.14. The molecule has 0 aromatic carbocycles. The highest BCUT2D eigenvalue weighted by molar-refractivity contribution is 5.71. The lowest BCUT2D eigenvalue weighted by atomic mass is 10.0. The third-order valence-electron chi connectivity index (χ3n) is 12.3. The molecule has 0 aliphatic rings. The van der Waals surface area contributed by atoms with Gasteiger partial charge < -0.3 is 14.2 Å². The molecule has 61 heavy (non-hydrogen) atoms. The van der Waals surface area contributed by atoms with Gasteiger partial charge in [0.1, 0.15) is 13.2 Å². The van der Waals surface area contributed by atoms with Gasteiger partial charge in [0.15, 0.2) is 6.10 Å². The van der Waals surface area contributed by atoms with E-state index in [0.717, 1.165) is 70.6 Å². The Morgan fingerprint density at radius 3 is 0.820 bits per heavy atom. The van der Waals surface area contributed by atoms with Crippen molar-refractivity contribution in [1.82, 2.24) is 0 Å².